The standard InChI is InChI=1S/C12H14INO3/c13-10-4-1-8(7-11(10)16)12(17)14(5-6-15)9-2-3-9/h1,4,7,9,15-16H,2-3,5-6H2. The Bertz CT molecular complexity index is 432. The largest absolute Gasteiger partial charge is 0.507 e. The number of halogens is 1. The van der Waals surface area contributed by atoms with Crippen molar-refractivity contribution in [1.82, 2.24) is 4.90 Å². The van der Waals surface area contributed by atoms with Gasteiger partial charge in [0.15, 0.2) is 0 Å². The summed E-state index contributed by atoms with van der Waals surface area (Å²) >= 11 is 2.01. The Morgan fingerprint density at radius 2 is 2.18 bits per heavy atom. The number of phenolic OH excluding ortho intramolecular Hbond substituents is 1. The molecule has 1 fully saturated rings. The maximum atomic E-state index is 12.2. The van der Waals surface area contributed by atoms with Crippen LogP contribution in [0.25, 0.3) is 0 Å². The van der Waals surface area contributed by atoms with Gasteiger partial charge in [-0.05, 0) is 53.6 Å². The van der Waals surface area contributed by atoms with Gasteiger partial charge in [0.05, 0.1) is 10.2 Å². The van der Waals surface area contributed by atoms with Crippen molar-refractivity contribution in [3.8, 4) is 5.75 Å². The second kappa shape index (κ2) is 5.22. The molecule has 0 radical (unpaired) electrons. The smallest absolute Gasteiger partial charge is 0.254 e. The summed E-state index contributed by atoms with van der Waals surface area (Å²) < 4.78 is 0.722. The molecule has 0 heterocycles. The van der Waals surface area contributed by atoms with Gasteiger partial charge in [0.2, 0.25) is 0 Å². The molecule has 1 aliphatic rings. The zero-order chi connectivity index (χ0) is 12.4. The van der Waals surface area contributed by atoms with Gasteiger partial charge in [0, 0.05) is 18.2 Å². The summed E-state index contributed by atoms with van der Waals surface area (Å²) in [4.78, 5) is 13.9. The third-order valence-corrected chi connectivity index (χ3v) is 3.69. The molecule has 1 aromatic carbocycles. The van der Waals surface area contributed by atoms with Crippen LogP contribution in [0, 0.1) is 3.57 Å². The summed E-state index contributed by atoms with van der Waals surface area (Å²) in [6.07, 6.45) is 2.00. The monoisotopic (exact) mass is 347 g/mol. The van der Waals surface area contributed by atoms with Crippen LogP contribution in [-0.2, 0) is 0 Å². The number of carbonyl (C=O) groups excluding carboxylic acids is 1. The number of benzene rings is 1. The zero-order valence-electron chi connectivity index (χ0n) is 9.27. The van der Waals surface area contributed by atoms with Crippen molar-refractivity contribution in [2.45, 2.75) is 18.9 Å². The quantitative estimate of drug-likeness (QED) is 0.814. The number of amides is 1. The van der Waals surface area contributed by atoms with Gasteiger partial charge in [-0.2, -0.15) is 0 Å². The molecule has 1 amide bonds. The molecule has 1 aliphatic carbocycles. The van der Waals surface area contributed by atoms with Crippen molar-refractivity contribution in [2.75, 3.05) is 13.2 Å². The number of rotatable bonds is 4. The maximum Gasteiger partial charge on any atom is 0.254 e. The van der Waals surface area contributed by atoms with Gasteiger partial charge in [0.1, 0.15) is 5.75 Å². The lowest BCUT2D eigenvalue weighted by Gasteiger charge is -2.21. The van der Waals surface area contributed by atoms with Crippen LogP contribution in [0.4, 0.5) is 0 Å². The van der Waals surface area contributed by atoms with E-state index in [-0.39, 0.29) is 24.3 Å². The first kappa shape index (κ1) is 12.6. The first-order chi connectivity index (χ1) is 8.13. The number of aromatic hydroxyl groups is 1. The molecule has 0 bridgehead atoms. The SMILES string of the molecule is O=C(c1ccc(I)c(O)c1)N(CCO)C1CC1. The molecule has 0 saturated heterocycles. The van der Waals surface area contributed by atoms with E-state index in [2.05, 4.69) is 0 Å². The highest BCUT2D eigenvalue weighted by molar-refractivity contribution is 14.1. The van der Waals surface area contributed by atoms with E-state index in [0.29, 0.717) is 12.1 Å². The van der Waals surface area contributed by atoms with Crippen LogP contribution < -0.4 is 0 Å². The van der Waals surface area contributed by atoms with Crippen LogP contribution in [-0.4, -0.2) is 40.2 Å². The summed E-state index contributed by atoms with van der Waals surface area (Å²) in [6, 6.07) is 5.16. The minimum Gasteiger partial charge on any atom is -0.507 e. The van der Waals surface area contributed by atoms with Crippen LogP contribution in [0.2, 0.25) is 0 Å². The number of aliphatic hydroxyl groups excluding tert-OH is 1. The third-order valence-electron chi connectivity index (χ3n) is 2.78. The fraction of sp³-hybridized carbons (Fsp3) is 0.417. The average molecular weight is 347 g/mol. The van der Waals surface area contributed by atoms with Crippen LogP contribution >= 0.6 is 22.6 Å². The van der Waals surface area contributed by atoms with Crippen LogP contribution in [0.5, 0.6) is 5.75 Å². The second-order valence-electron chi connectivity index (χ2n) is 4.12. The highest BCUT2D eigenvalue weighted by atomic mass is 127. The first-order valence-electron chi connectivity index (χ1n) is 5.54. The summed E-state index contributed by atoms with van der Waals surface area (Å²) in [5.41, 5.74) is 0.475. The fourth-order valence-corrected chi connectivity index (χ4v) is 2.09. The molecule has 1 aromatic rings. The summed E-state index contributed by atoms with van der Waals surface area (Å²) in [7, 11) is 0. The Hall–Kier alpha value is -0.820. The van der Waals surface area contributed by atoms with Gasteiger partial charge in [-0.15, -0.1) is 0 Å². The molecule has 17 heavy (non-hydrogen) atoms. The lowest BCUT2D eigenvalue weighted by atomic mass is 10.2. The van der Waals surface area contributed by atoms with Crippen LogP contribution in [0.3, 0.4) is 0 Å². The van der Waals surface area contributed by atoms with E-state index in [1.807, 2.05) is 22.6 Å². The minimum atomic E-state index is -0.117. The van der Waals surface area contributed by atoms with Crippen LogP contribution in [0.1, 0.15) is 23.2 Å². The molecule has 5 heteroatoms. The Morgan fingerprint density at radius 3 is 2.71 bits per heavy atom. The number of hydrogen-bond donors (Lipinski definition) is 2. The number of nitrogens with zero attached hydrogens (tertiary/aromatic N) is 1. The highest BCUT2D eigenvalue weighted by Crippen LogP contribution is 2.29. The molecule has 0 spiro atoms. The van der Waals surface area contributed by atoms with E-state index in [1.54, 1.807) is 17.0 Å². The molecule has 4 nitrogen and oxygen atoms in total. The Labute approximate surface area is 113 Å². The van der Waals surface area contributed by atoms with Gasteiger partial charge >= 0.3 is 0 Å². The van der Waals surface area contributed by atoms with Crippen molar-refractivity contribution < 1.29 is 15.0 Å². The molecule has 0 unspecified atom stereocenters. The number of hydrogen-bond acceptors (Lipinski definition) is 3. The minimum absolute atomic E-state index is 0.0292. The molecule has 0 aliphatic heterocycles. The van der Waals surface area contributed by atoms with Gasteiger partial charge in [0.25, 0.3) is 5.91 Å². The van der Waals surface area contributed by atoms with E-state index in [9.17, 15) is 9.90 Å². The molecule has 1 saturated carbocycles. The molecule has 2 rings (SSSR count). The van der Waals surface area contributed by atoms with E-state index < -0.39 is 0 Å². The van der Waals surface area contributed by atoms with Crippen molar-refractivity contribution in [3.05, 3.63) is 27.3 Å². The van der Waals surface area contributed by atoms with E-state index >= 15 is 0 Å². The molecular weight excluding hydrogens is 333 g/mol. The van der Waals surface area contributed by atoms with Crippen molar-refractivity contribution in [3.63, 3.8) is 0 Å². The van der Waals surface area contributed by atoms with Gasteiger partial charge in [-0.1, -0.05) is 0 Å². The lowest BCUT2D eigenvalue weighted by molar-refractivity contribution is 0.0707. The third kappa shape index (κ3) is 2.90. The predicted molar refractivity (Wildman–Crippen MR) is 72.0 cm³/mol. The first-order valence-corrected chi connectivity index (χ1v) is 6.61. The molecule has 2 N–H and O–H groups in total. The topological polar surface area (TPSA) is 60.8 Å². The van der Waals surface area contributed by atoms with E-state index in [0.717, 1.165) is 16.4 Å². The fourth-order valence-electron chi connectivity index (χ4n) is 1.76. The number of aliphatic hydroxyl groups is 1. The van der Waals surface area contributed by atoms with E-state index in [4.69, 9.17) is 5.11 Å². The van der Waals surface area contributed by atoms with Gasteiger partial charge < -0.3 is 15.1 Å². The van der Waals surface area contributed by atoms with Gasteiger partial charge in [-0.25, -0.2) is 0 Å². The van der Waals surface area contributed by atoms with E-state index in [1.165, 1.54) is 6.07 Å². The summed E-state index contributed by atoms with van der Waals surface area (Å²) in [5.74, 6) is 0.00412. The van der Waals surface area contributed by atoms with Crippen molar-refractivity contribution in [1.29, 1.82) is 0 Å². The van der Waals surface area contributed by atoms with Crippen LogP contribution in [0.15, 0.2) is 18.2 Å². The molecule has 0 atom stereocenters. The number of carbonyl (C=O) groups is 1. The molecule has 0 aromatic heterocycles. The number of phenols is 1. The lowest BCUT2D eigenvalue weighted by Crippen LogP contribution is -2.35. The Balaban J connectivity index is 2.19. The predicted octanol–water partition coefficient (Wildman–Crippen LogP) is 1.59. The Kier molecular flexibility index (Phi) is 3.88. The Morgan fingerprint density at radius 1 is 1.47 bits per heavy atom. The summed E-state index contributed by atoms with van der Waals surface area (Å²) in [5, 5.41) is 18.6. The second-order valence-corrected chi connectivity index (χ2v) is 5.28. The normalized spacial score (nSPS) is 14.7. The maximum absolute atomic E-state index is 12.2. The molecule has 92 valence electrons. The van der Waals surface area contributed by atoms with Gasteiger partial charge in [-0.3, -0.25) is 4.79 Å². The average Bonchev–Trinajstić information content (AvgIpc) is 3.13. The molecular formula is C12H14INO3. The van der Waals surface area contributed by atoms with Crippen molar-refractivity contribution >= 4 is 28.5 Å². The van der Waals surface area contributed by atoms with Crippen molar-refractivity contribution in [2.24, 2.45) is 0 Å². The highest BCUT2D eigenvalue weighted by Gasteiger charge is 2.32. The zero-order valence-corrected chi connectivity index (χ0v) is 11.4. The summed E-state index contributed by atoms with van der Waals surface area (Å²) in [6.45, 7) is 0.328.